The van der Waals surface area contributed by atoms with Gasteiger partial charge in [0.1, 0.15) is 11.9 Å². The van der Waals surface area contributed by atoms with Crippen LogP contribution in [-0.4, -0.2) is 37.5 Å². The number of sulfonamides is 1. The maximum atomic E-state index is 12.7. The van der Waals surface area contributed by atoms with Crippen LogP contribution in [0.5, 0.6) is 0 Å². The van der Waals surface area contributed by atoms with E-state index in [-0.39, 0.29) is 12.2 Å². The van der Waals surface area contributed by atoms with Crippen molar-refractivity contribution in [2.45, 2.75) is 18.2 Å². The molecule has 0 unspecified atom stereocenters. The molecule has 0 radical (unpaired) electrons. The number of hydrogen-bond donors (Lipinski definition) is 2. The zero-order valence-corrected chi connectivity index (χ0v) is 12.5. The lowest BCUT2D eigenvalue weighted by atomic mass is 10.2. The van der Waals surface area contributed by atoms with Crippen molar-refractivity contribution >= 4 is 27.8 Å². The van der Waals surface area contributed by atoms with Crippen molar-refractivity contribution in [2.24, 2.45) is 0 Å². The highest BCUT2D eigenvalue weighted by molar-refractivity contribution is 7.98. The number of thioether (sulfide) groups is 1. The molecule has 20 heavy (non-hydrogen) atoms. The fourth-order valence-corrected chi connectivity index (χ4v) is 3.37. The van der Waals surface area contributed by atoms with E-state index in [9.17, 15) is 17.6 Å². The molecule has 0 aliphatic rings. The van der Waals surface area contributed by atoms with Crippen LogP contribution >= 0.6 is 11.8 Å². The number of carboxylic acids is 1. The Balaban J connectivity index is 2.72. The average molecular weight is 321 g/mol. The number of carboxylic acid groups (broad SMARTS) is 1. The molecule has 1 aromatic rings. The van der Waals surface area contributed by atoms with Crippen LogP contribution in [0.2, 0.25) is 0 Å². The van der Waals surface area contributed by atoms with Crippen LogP contribution in [0.1, 0.15) is 12.0 Å². The first-order chi connectivity index (χ1) is 9.34. The summed E-state index contributed by atoms with van der Waals surface area (Å²) in [6, 6.07) is 3.88. The van der Waals surface area contributed by atoms with Gasteiger partial charge in [-0.25, -0.2) is 17.5 Å². The van der Waals surface area contributed by atoms with Crippen LogP contribution in [0.25, 0.3) is 0 Å². The van der Waals surface area contributed by atoms with Gasteiger partial charge >= 0.3 is 5.97 Å². The van der Waals surface area contributed by atoms with Crippen LogP contribution < -0.4 is 4.72 Å². The van der Waals surface area contributed by atoms with Gasteiger partial charge in [-0.2, -0.15) is 11.8 Å². The Bertz CT molecular complexity index is 545. The molecule has 0 aromatic heterocycles. The van der Waals surface area contributed by atoms with E-state index < -0.39 is 27.9 Å². The van der Waals surface area contributed by atoms with Crippen LogP contribution in [-0.2, 0) is 20.6 Å². The molecular weight excluding hydrogens is 305 g/mol. The van der Waals surface area contributed by atoms with Gasteiger partial charge in [-0.1, -0.05) is 12.1 Å². The van der Waals surface area contributed by atoms with Crippen molar-refractivity contribution in [3.63, 3.8) is 0 Å². The lowest BCUT2D eigenvalue weighted by Gasteiger charge is -2.14. The van der Waals surface area contributed by atoms with Gasteiger partial charge in [0.25, 0.3) is 0 Å². The van der Waals surface area contributed by atoms with E-state index in [0.717, 1.165) is 12.1 Å². The van der Waals surface area contributed by atoms with E-state index >= 15 is 0 Å². The normalized spacial score (nSPS) is 13.1. The predicted molar refractivity (Wildman–Crippen MR) is 76.6 cm³/mol. The molecule has 0 saturated carbocycles. The summed E-state index contributed by atoms with van der Waals surface area (Å²) in [5.41, 5.74) is 0.396. The number of halogens is 1. The number of aliphatic carboxylic acids is 1. The largest absolute Gasteiger partial charge is 0.480 e. The van der Waals surface area contributed by atoms with E-state index in [1.54, 1.807) is 0 Å². The van der Waals surface area contributed by atoms with E-state index in [4.69, 9.17) is 5.11 Å². The molecule has 5 nitrogen and oxygen atoms in total. The number of carbonyl (C=O) groups is 1. The average Bonchev–Trinajstić information content (AvgIpc) is 2.36. The topological polar surface area (TPSA) is 83.5 Å². The van der Waals surface area contributed by atoms with Gasteiger partial charge in [0, 0.05) is 0 Å². The molecule has 1 rings (SSSR count). The van der Waals surface area contributed by atoms with Crippen molar-refractivity contribution in [1.82, 2.24) is 4.72 Å². The first-order valence-corrected chi connectivity index (χ1v) is 8.85. The Labute approximate surface area is 121 Å². The zero-order valence-electron chi connectivity index (χ0n) is 10.9. The van der Waals surface area contributed by atoms with Gasteiger partial charge < -0.3 is 5.11 Å². The van der Waals surface area contributed by atoms with Crippen molar-refractivity contribution in [2.75, 3.05) is 12.0 Å². The summed E-state index contributed by atoms with van der Waals surface area (Å²) in [4.78, 5) is 11.0. The Kier molecular flexibility index (Phi) is 6.44. The van der Waals surface area contributed by atoms with E-state index in [0.29, 0.717) is 11.3 Å². The summed E-state index contributed by atoms with van der Waals surface area (Å²) in [7, 11) is -3.78. The summed E-state index contributed by atoms with van der Waals surface area (Å²) < 4.78 is 38.7. The summed E-state index contributed by atoms with van der Waals surface area (Å²) in [5, 5.41) is 8.98. The van der Waals surface area contributed by atoms with Crippen molar-refractivity contribution in [1.29, 1.82) is 0 Å². The lowest BCUT2D eigenvalue weighted by Crippen LogP contribution is -2.41. The standard InChI is InChI=1S/C12H16FNO4S2/c1-19-7-6-11(12(15)16)14-20(17,18)8-9-2-4-10(13)5-3-9/h2-5,11,14H,6-8H2,1H3,(H,15,16)/t11-/m0/s1. The van der Waals surface area contributed by atoms with Gasteiger partial charge in [-0.05, 0) is 36.1 Å². The third-order valence-electron chi connectivity index (χ3n) is 2.50. The van der Waals surface area contributed by atoms with Crippen LogP contribution in [0, 0.1) is 5.82 Å². The summed E-state index contributed by atoms with van der Waals surface area (Å²) in [6.45, 7) is 0. The molecule has 1 aromatic carbocycles. The van der Waals surface area contributed by atoms with Crippen molar-refractivity contribution < 1.29 is 22.7 Å². The second-order valence-electron chi connectivity index (χ2n) is 4.18. The van der Waals surface area contributed by atoms with Crippen LogP contribution in [0.3, 0.4) is 0 Å². The molecule has 0 aliphatic carbocycles. The number of benzene rings is 1. The van der Waals surface area contributed by atoms with E-state index in [1.807, 2.05) is 6.26 Å². The summed E-state index contributed by atoms with van der Waals surface area (Å²) in [6.07, 6.45) is 2.02. The number of hydrogen-bond acceptors (Lipinski definition) is 4. The molecule has 0 saturated heterocycles. The van der Waals surface area contributed by atoms with Crippen molar-refractivity contribution in [3.8, 4) is 0 Å². The maximum Gasteiger partial charge on any atom is 0.321 e. The lowest BCUT2D eigenvalue weighted by molar-refractivity contribution is -0.139. The van der Waals surface area contributed by atoms with Gasteiger partial charge in [0.05, 0.1) is 5.75 Å². The highest BCUT2D eigenvalue weighted by Gasteiger charge is 2.23. The smallest absolute Gasteiger partial charge is 0.321 e. The molecule has 0 aliphatic heterocycles. The minimum atomic E-state index is -3.78. The van der Waals surface area contributed by atoms with Gasteiger partial charge in [0.15, 0.2) is 0 Å². The fraction of sp³-hybridized carbons (Fsp3) is 0.417. The Morgan fingerprint density at radius 1 is 1.40 bits per heavy atom. The third kappa shape index (κ3) is 5.89. The molecule has 1 atom stereocenters. The van der Waals surface area contributed by atoms with Gasteiger partial charge in [-0.3, -0.25) is 4.79 Å². The molecule has 2 N–H and O–H groups in total. The molecule has 0 amide bonds. The highest BCUT2D eigenvalue weighted by atomic mass is 32.2. The third-order valence-corrected chi connectivity index (χ3v) is 4.50. The SMILES string of the molecule is CSCC[C@H](NS(=O)(=O)Cc1ccc(F)cc1)C(=O)O. The second-order valence-corrected chi connectivity index (χ2v) is 6.92. The minimum Gasteiger partial charge on any atom is -0.480 e. The van der Waals surface area contributed by atoms with E-state index in [2.05, 4.69) is 4.72 Å². The minimum absolute atomic E-state index is 0.207. The van der Waals surface area contributed by atoms with Crippen LogP contribution in [0.4, 0.5) is 4.39 Å². The number of rotatable bonds is 8. The Morgan fingerprint density at radius 3 is 2.50 bits per heavy atom. The predicted octanol–water partition coefficient (Wildman–Crippen LogP) is 1.45. The summed E-state index contributed by atoms with van der Waals surface area (Å²) in [5.74, 6) is -1.50. The highest BCUT2D eigenvalue weighted by Crippen LogP contribution is 2.09. The van der Waals surface area contributed by atoms with E-state index in [1.165, 1.54) is 23.9 Å². The molecule has 112 valence electrons. The maximum absolute atomic E-state index is 12.7. The first-order valence-electron chi connectivity index (χ1n) is 5.80. The zero-order chi connectivity index (χ0) is 15.2. The second kappa shape index (κ2) is 7.61. The Hall–Kier alpha value is -1.12. The molecule has 0 fully saturated rings. The summed E-state index contributed by atoms with van der Waals surface area (Å²) >= 11 is 1.44. The fourth-order valence-electron chi connectivity index (χ4n) is 1.53. The molecule has 8 heteroatoms. The quantitative estimate of drug-likeness (QED) is 0.757. The van der Waals surface area contributed by atoms with Gasteiger partial charge in [-0.15, -0.1) is 0 Å². The monoisotopic (exact) mass is 321 g/mol. The molecular formula is C12H16FNO4S2. The van der Waals surface area contributed by atoms with Crippen molar-refractivity contribution in [3.05, 3.63) is 35.6 Å². The number of nitrogens with one attached hydrogen (secondary N) is 1. The van der Waals surface area contributed by atoms with Gasteiger partial charge in [0.2, 0.25) is 10.0 Å². The van der Waals surface area contributed by atoms with Crippen LogP contribution in [0.15, 0.2) is 24.3 Å². The Morgan fingerprint density at radius 2 is 2.00 bits per heavy atom. The molecule has 0 bridgehead atoms. The molecule has 0 spiro atoms. The molecule has 0 heterocycles. The first kappa shape index (κ1) is 16.9.